The summed E-state index contributed by atoms with van der Waals surface area (Å²) in [6.07, 6.45) is 4.49. The number of rotatable bonds is 5. The highest BCUT2D eigenvalue weighted by Crippen LogP contribution is 2.21. The van der Waals surface area contributed by atoms with Crippen LogP contribution in [0.2, 0.25) is 0 Å². The fourth-order valence-electron chi connectivity index (χ4n) is 3.49. The first kappa shape index (κ1) is 18.1. The van der Waals surface area contributed by atoms with Crippen molar-refractivity contribution < 1.29 is 5.11 Å². The smallest absolute Gasteiger partial charge is 0.0764 e. The number of nitrogens with zero attached hydrogens (tertiary/aromatic N) is 1. The van der Waals surface area contributed by atoms with E-state index in [-0.39, 0.29) is 0 Å². The minimum atomic E-state index is -0.460. The van der Waals surface area contributed by atoms with Gasteiger partial charge in [-0.3, -0.25) is 0 Å². The molecule has 0 saturated heterocycles. The van der Waals surface area contributed by atoms with Crippen LogP contribution < -0.4 is 0 Å². The van der Waals surface area contributed by atoms with Gasteiger partial charge in [0, 0.05) is 5.39 Å². The summed E-state index contributed by atoms with van der Waals surface area (Å²) in [5.74, 6) is 0. The van der Waals surface area contributed by atoms with Crippen molar-refractivity contribution in [2.45, 2.75) is 19.4 Å². The lowest BCUT2D eigenvalue weighted by Crippen LogP contribution is -1.99. The van der Waals surface area contributed by atoms with E-state index in [9.17, 15) is 5.11 Å². The topological polar surface area (TPSA) is 33.1 Å². The van der Waals surface area contributed by atoms with Gasteiger partial charge >= 0.3 is 0 Å². The number of aromatic nitrogens is 1. The summed E-state index contributed by atoms with van der Waals surface area (Å²) < 4.78 is 0. The number of pyridine rings is 1. The van der Waals surface area contributed by atoms with E-state index < -0.39 is 6.10 Å². The van der Waals surface area contributed by atoms with Gasteiger partial charge in [-0.2, -0.15) is 0 Å². The highest BCUT2D eigenvalue weighted by Gasteiger charge is 2.07. The first-order valence-electron chi connectivity index (χ1n) is 9.58. The summed E-state index contributed by atoms with van der Waals surface area (Å²) in [5, 5.41) is 11.2. The summed E-state index contributed by atoms with van der Waals surface area (Å²) in [4.78, 5) is 4.70. The van der Waals surface area contributed by atoms with Crippen LogP contribution in [0.25, 0.3) is 23.1 Å². The van der Waals surface area contributed by atoms with Gasteiger partial charge in [-0.15, -0.1) is 0 Å². The first-order valence-corrected chi connectivity index (χ1v) is 9.58. The predicted molar refractivity (Wildman–Crippen MR) is 117 cm³/mol. The molecule has 3 aromatic carbocycles. The molecule has 0 saturated carbocycles. The monoisotopic (exact) mass is 365 g/mol. The molecule has 0 radical (unpaired) electrons. The number of hydrogen-bond donors (Lipinski definition) is 1. The van der Waals surface area contributed by atoms with Gasteiger partial charge in [0.2, 0.25) is 0 Å². The summed E-state index contributed by atoms with van der Waals surface area (Å²) in [7, 11) is 0. The molecule has 0 spiro atoms. The molecule has 2 heteroatoms. The second-order valence-electron chi connectivity index (χ2n) is 7.06. The third kappa shape index (κ3) is 4.19. The van der Waals surface area contributed by atoms with Gasteiger partial charge in [-0.05, 0) is 53.8 Å². The van der Waals surface area contributed by atoms with E-state index in [4.69, 9.17) is 4.98 Å². The number of benzene rings is 3. The van der Waals surface area contributed by atoms with Crippen molar-refractivity contribution >= 4 is 23.1 Å². The Morgan fingerprint density at radius 2 is 1.68 bits per heavy atom. The highest BCUT2D eigenvalue weighted by molar-refractivity contribution is 5.80. The van der Waals surface area contributed by atoms with Crippen molar-refractivity contribution in [3.05, 3.63) is 113 Å². The van der Waals surface area contributed by atoms with Crippen molar-refractivity contribution in [2.24, 2.45) is 0 Å². The Balaban J connectivity index is 1.56. The zero-order valence-electron chi connectivity index (χ0n) is 15.9. The average Bonchev–Trinajstić information content (AvgIpc) is 2.73. The molecule has 1 heterocycles. The Kier molecular flexibility index (Phi) is 5.31. The standard InChI is InChI=1S/C26H23NO/c1-19(28)25-11-4-2-10-23(25)18-21-8-6-7-20(17-21)13-15-24-16-14-22-9-3-5-12-26(22)27-24/h2-17,19,28H,18H2,1H3/b15-13+. The molecule has 0 aliphatic heterocycles. The molecule has 1 unspecified atom stereocenters. The molecule has 1 N–H and O–H groups in total. The molecule has 1 aromatic heterocycles. The molecule has 4 rings (SSSR count). The van der Waals surface area contributed by atoms with Crippen LogP contribution in [-0.2, 0) is 6.42 Å². The Bertz CT molecular complexity index is 1130. The van der Waals surface area contributed by atoms with Crippen molar-refractivity contribution in [1.82, 2.24) is 4.98 Å². The van der Waals surface area contributed by atoms with Crippen molar-refractivity contribution in [2.75, 3.05) is 0 Å². The van der Waals surface area contributed by atoms with Crippen LogP contribution >= 0.6 is 0 Å². The normalized spacial score (nSPS) is 12.5. The maximum absolute atomic E-state index is 10.0. The molecule has 4 aromatic rings. The Labute approximate surface area is 165 Å². The maximum atomic E-state index is 10.0. The van der Waals surface area contributed by atoms with Gasteiger partial charge < -0.3 is 5.11 Å². The van der Waals surface area contributed by atoms with Crippen LogP contribution in [0.15, 0.2) is 84.9 Å². The Hall–Kier alpha value is -3.23. The van der Waals surface area contributed by atoms with E-state index >= 15 is 0 Å². The molecular weight excluding hydrogens is 342 g/mol. The van der Waals surface area contributed by atoms with Gasteiger partial charge in [0.25, 0.3) is 0 Å². The molecule has 0 aliphatic carbocycles. The SMILES string of the molecule is CC(O)c1ccccc1Cc1cccc(/C=C/c2ccc3ccccc3n2)c1. The molecule has 28 heavy (non-hydrogen) atoms. The number of hydrogen-bond acceptors (Lipinski definition) is 2. The minimum Gasteiger partial charge on any atom is -0.389 e. The fraction of sp³-hybridized carbons (Fsp3) is 0.115. The van der Waals surface area contributed by atoms with Gasteiger partial charge in [-0.1, -0.05) is 78.9 Å². The van der Waals surface area contributed by atoms with Gasteiger partial charge in [0.05, 0.1) is 17.3 Å². The van der Waals surface area contributed by atoms with E-state index in [1.165, 1.54) is 5.56 Å². The Morgan fingerprint density at radius 3 is 2.57 bits per heavy atom. The quantitative estimate of drug-likeness (QED) is 0.467. The van der Waals surface area contributed by atoms with Crippen molar-refractivity contribution in [3.8, 4) is 0 Å². The van der Waals surface area contributed by atoms with E-state index in [0.29, 0.717) is 0 Å². The molecule has 0 fully saturated rings. The van der Waals surface area contributed by atoms with Crippen LogP contribution in [0.3, 0.4) is 0 Å². The van der Waals surface area contributed by atoms with Gasteiger partial charge in [-0.25, -0.2) is 4.98 Å². The molecule has 0 aliphatic rings. The molecule has 0 bridgehead atoms. The molecule has 0 amide bonds. The van der Waals surface area contributed by atoms with Crippen molar-refractivity contribution in [1.29, 1.82) is 0 Å². The summed E-state index contributed by atoms with van der Waals surface area (Å²) in [6, 6.07) is 28.9. The summed E-state index contributed by atoms with van der Waals surface area (Å²) >= 11 is 0. The lowest BCUT2D eigenvalue weighted by atomic mass is 9.96. The second-order valence-corrected chi connectivity index (χ2v) is 7.06. The number of aliphatic hydroxyl groups is 1. The molecule has 1 atom stereocenters. The van der Waals surface area contributed by atoms with E-state index in [1.807, 2.05) is 49.4 Å². The number of aliphatic hydroxyl groups excluding tert-OH is 1. The van der Waals surface area contributed by atoms with E-state index in [2.05, 4.69) is 54.6 Å². The molecular formula is C26H23NO. The van der Waals surface area contributed by atoms with E-state index in [1.54, 1.807) is 0 Å². The lowest BCUT2D eigenvalue weighted by Gasteiger charge is -2.12. The van der Waals surface area contributed by atoms with Crippen molar-refractivity contribution in [3.63, 3.8) is 0 Å². The van der Waals surface area contributed by atoms with Crippen LogP contribution in [0, 0.1) is 0 Å². The lowest BCUT2D eigenvalue weighted by molar-refractivity contribution is 0.198. The molecule has 138 valence electrons. The predicted octanol–water partition coefficient (Wildman–Crippen LogP) is 6.05. The van der Waals surface area contributed by atoms with E-state index in [0.717, 1.165) is 39.7 Å². The van der Waals surface area contributed by atoms with Gasteiger partial charge in [0.15, 0.2) is 0 Å². The second kappa shape index (κ2) is 8.20. The zero-order chi connectivity index (χ0) is 19.3. The van der Waals surface area contributed by atoms with Crippen LogP contribution in [0.1, 0.15) is 41.0 Å². The van der Waals surface area contributed by atoms with Gasteiger partial charge in [0.1, 0.15) is 0 Å². The average molecular weight is 365 g/mol. The zero-order valence-corrected chi connectivity index (χ0v) is 15.9. The van der Waals surface area contributed by atoms with Crippen LogP contribution in [0.5, 0.6) is 0 Å². The molecule has 2 nitrogen and oxygen atoms in total. The first-order chi connectivity index (χ1) is 13.7. The largest absolute Gasteiger partial charge is 0.389 e. The van der Waals surface area contributed by atoms with Crippen LogP contribution in [-0.4, -0.2) is 10.1 Å². The third-order valence-corrected chi connectivity index (χ3v) is 4.92. The number of para-hydroxylation sites is 1. The Morgan fingerprint density at radius 1 is 0.857 bits per heavy atom. The summed E-state index contributed by atoms with van der Waals surface area (Å²) in [6.45, 7) is 1.81. The fourth-order valence-corrected chi connectivity index (χ4v) is 3.49. The van der Waals surface area contributed by atoms with Crippen LogP contribution in [0.4, 0.5) is 0 Å². The third-order valence-electron chi connectivity index (χ3n) is 4.92. The maximum Gasteiger partial charge on any atom is 0.0764 e. The summed E-state index contributed by atoms with van der Waals surface area (Å²) in [5.41, 5.74) is 6.47. The number of fused-ring (bicyclic) bond motifs is 1. The minimum absolute atomic E-state index is 0.460. The highest BCUT2D eigenvalue weighted by atomic mass is 16.3.